The van der Waals surface area contributed by atoms with Crippen LogP contribution in [0.5, 0.6) is 5.75 Å². The SMILES string of the molecule is COc1cccc(C(C)N2CN=C(N)c3ccccc32)c1. The van der Waals surface area contributed by atoms with Crippen LogP contribution in [0.3, 0.4) is 0 Å². The van der Waals surface area contributed by atoms with E-state index < -0.39 is 0 Å². The normalized spacial score (nSPS) is 15.1. The van der Waals surface area contributed by atoms with Gasteiger partial charge in [0.1, 0.15) is 18.3 Å². The van der Waals surface area contributed by atoms with E-state index in [1.165, 1.54) is 5.56 Å². The van der Waals surface area contributed by atoms with Gasteiger partial charge >= 0.3 is 0 Å². The average molecular weight is 281 g/mol. The standard InChI is InChI=1S/C17H19N3O/c1-12(13-6-5-7-14(10-13)21-2)20-11-19-17(18)15-8-3-4-9-16(15)20/h3-10,12H,11H2,1-2H3,(H2,18,19). The van der Waals surface area contributed by atoms with Crippen LogP contribution >= 0.6 is 0 Å². The number of aliphatic imine (C=N–C) groups is 1. The zero-order chi connectivity index (χ0) is 14.8. The van der Waals surface area contributed by atoms with Crippen LogP contribution in [0, 0.1) is 0 Å². The van der Waals surface area contributed by atoms with Crippen molar-refractivity contribution in [1.82, 2.24) is 0 Å². The number of nitrogens with two attached hydrogens (primary N) is 1. The fraction of sp³-hybridized carbons (Fsp3) is 0.235. The van der Waals surface area contributed by atoms with Gasteiger partial charge in [-0.05, 0) is 36.8 Å². The molecular weight excluding hydrogens is 262 g/mol. The third kappa shape index (κ3) is 2.44. The van der Waals surface area contributed by atoms with Crippen molar-refractivity contribution in [1.29, 1.82) is 0 Å². The summed E-state index contributed by atoms with van der Waals surface area (Å²) in [7, 11) is 1.69. The fourth-order valence-electron chi connectivity index (χ4n) is 2.67. The number of rotatable bonds is 3. The van der Waals surface area contributed by atoms with Gasteiger partial charge in [-0.25, -0.2) is 4.99 Å². The number of hydrogen-bond donors (Lipinski definition) is 1. The zero-order valence-corrected chi connectivity index (χ0v) is 12.3. The quantitative estimate of drug-likeness (QED) is 0.941. The molecule has 1 heterocycles. The van der Waals surface area contributed by atoms with Crippen molar-refractivity contribution in [2.75, 3.05) is 18.7 Å². The molecule has 2 N–H and O–H groups in total. The predicted molar refractivity (Wildman–Crippen MR) is 85.9 cm³/mol. The predicted octanol–water partition coefficient (Wildman–Crippen LogP) is 2.94. The van der Waals surface area contributed by atoms with E-state index in [4.69, 9.17) is 10.5 Å². The number of methoxy groups -OCH3 is 1. The Kier molecular flexibility index (Phi) is 3.52. The first-order valence-electron chi connectivity index (χ1n) is 7.00. The van der Waals surface area contributed by atoms with Gasteiger partial charge in [-0.2, -0.15) is 0 Å². The van der Waals surface area contributed by atoms with Crippen molar-refractivity contribution in [3.8, 4) is 5.75 Å². The van der Waals surface area contributed by atoms with Gasteiger partial charge in [0.25, 0.3) is 0 Å². The highest BCUT2D eigenvalue weighted by Gasteiger charge is 2.23. The Bertz CT molecular complexity index is 681. The van der Waals surface area contributed by atoms with E-state index in [-0.39, 0.29) is 6.04 Å². The Morgan fingerprint density at radius 2 is 2.00 bits per heavy atom. The van der Waals surface area contributed by atoms with Crippen molar-refractivity contribution in [3.63, 3.8) is 0 Å². The van der Waals surface area contributed by atoms with E-state index in [0.29, 0.717) is 12.5 Å². The molecule has 2 aromatic rings. The molecular formula is C17H19N3O. The summed E-state index contributed by atoms with van der Waals surface area (Å²) < 4.78 is 5.31. The molecule has 0 radical (unpaired) electrons. The molecule has 0 saturated carbocycles. The summed E-state index contributed by atoms with van der Waals surface area (Å²) in [6.45, 7) is 2.74. The van der Waals surface area contributed by atoms with Crippen molar-refractivity contribution in [3.05, 3.63) is 59.7 Å². The van der Waals surface area contributed by atoms with Gasteiger partial charge < -0.3 is 15.4 Å². The van der Waals surface area contributed by atoms with E-state index in [1.54, 1.807) is 7.11 Å². The van der Waals surface area contributed by atoms with Gasteiger partial charge in [-0.15, -0.1) is 0 Å². The monoisotopic (exact) mass is 281 g/mol. The lowest BCUT2D eigenvalue weighted by Gasteiger charge is -2.34. The molecule has 1 unspecified atom stereocenters. The first-order chi connectivity index (χ1) is 10.2. The molecule has 0 bridgehead atoms. The number of amidine groups is 1. The smallest absolute Gasteiger partial charge is 0.129 e. The Morgan fingerprint density at radius 1 is 1.19 bits per heavy atom. The van der Waals surface area contributed by atoms with Crippen LogP contribution in [0.2, 0.25) is 0 Å². The first-order valence-corrected chi connectivity index (χ1v) is 7.00. The molecule has 0 amide bonds. The lowest BCUT2D eigenvalue weighted by atomic mass is 10.0. The van der Waals surface area contributed by atoms with E-state index in [9.17, 15) is 0 Å². The van der Waals surface area contributed by atoms with E-state index in [0.717, 1.165) is 17.0 Å². The van der Waals surface area contributed by atoms with Crippen molar-refractivity contribution in [2.24, 2.45) is 10.7 Å². The Labute approximate surface area is 124 Å². The van der Waals surface area contributed by atoms with Gasteiger partial charge in [-0.3, -0.25) is 0 Å². The summed E-state index contributed by atoms with van der Waals surface area (Å²) in [4.78, 5) is 6.68. The van der Waals surface area contributed by atoms with Crippen LogP contribution in [-0.2, 0) is 0 Å². The van der Waals surface area contributed by atoms with Crippen molar-refractivity contribution >= 4 is 11.5 Å². The van der Waals surface area contributed by atoms with Gasteiger partial charge in [0, 0.05) is 11.3 Å². The average Bonchev–Trinajstić information content (AvgIpc) is 2.55. The Balaban J connectivity index is 1.97. The molecule has 2 aromatic carbocycles. The van der Waals surface area contributed by atoms with Gasteiger partial charge in [0.05, 0.1) is 13.2 Å². The number of ether oxygens (including phenoxy) is 1. The Hall–Kier alpha value is -2.49. The molecule has 1 aliphatic heterocycles. The summed E-state index contributed by atoms with van der Waals surface area (Å²) in [6.07, 6.45) is 0. The highest BCUT2D eigenvalue weighted by Crippen LogP contribution is 2.32. The number of nitrogens with zero attached hydrogens (tertiary/aromatic N) is 2. The fourth-order valence-corrected chi connectivity index (χ4v) is 2.67. The third-order valence-corrected chi connectivity index (χ3v) is 3.93. The van der Waals surface area contributed by atoms with E-state index in [1.807, 2.05) is 30.3 Å². The lowest BCUT2D eigenvalue weighted by molar-refractivity contribution is 0.414. The summed E-state index contributed by atoms with van der Waals surface area (Å²) >= 11 is 0. The van der Waals surface area contributed by atoms with Crippen LogP contribution in [0.4, 0.5) is 5.69 Å². The molecule has 3 rings (SSSR count). The molecule has 4 nitrogen and oxygen atoms in total. The maximum atomic E-state index is 6.00. The maximum Gasteiger partial charge on any atom is 0.129 e. The van der Waals surface area contributed by atoms with Crippen LogP contribution in [0.15, 0.2) is 53.5 Å². The van der Waals surface area contributed by atoms with Crippen molar-refractivity contribution < 1.29 is 4.74 Å². The number of benzene rings is 2. The third-order valence-electron chi connectivity index (χ3n) is 3.93. The van der Waals surface area contributed by atoms with Crippen LogP contribution in [0.25, 0.3) is 0 Å². The van der Waals surface area contributed by atoms with Gasteiger partial charge in [-0.1, -0.05) is 24.3 Å². The highest BCUT2D eigenvalue weighted by molar-refractivity contribution is 6.03. The van der Waals surface area contributed by atoms with Crippen molar-refractivity contribution in [2.45, 2.75) is 13.0 Å². The molecule has 4 heteroatoms. The summed E-state index contributed by atoms with van der Waals surface area (Å²) in [5.41, 5.74) is 9.31. The first kappa shape index (κ1) is 13.5. The van der Waals surface area contributed by atoms with Crippen LogP contribution < -0.4 is 15.4 Å². The topological polar surface area (TPSA) is 50.8 Å². The molecule has 0 aromatic heterocycles. The summed E-state index contributed by atoms with van der Waals surface area (Å²) in [5, 5.41) is 0. The number of anilines is 1. The molecule has 0 fully saturated rings. The molecule has 21 heavy (non-hydrogen) atoms. The number of fused-ring (bicyclic) bond motifs is 1. The largest absolute Gasteiger partial charge is 0.497 e. The molecule has 0 saturated heterocycles. The minimum Gasteiger partial charge on any atom is -0.497 e. The molecule has 1 aliphatic rings. The molecule has 1 atom stereocenters. The number of para-hydroxylation sites is 1. The Morgan fingerprint density at radius 3 is 2.81 bits per heavy atom. The second kappa shape index (κ2) is 5.48. The second-order valence-electron chi connectivity index (χ2n) is 5.12. The van der Waals surface area contributed by atoms with Gasteiger partial charge in [0.15, 0.2) is 0 Å². The maximum absolute atomic E-state index is 6.00. The van der Waals surface area contributed by atoms with E-state index in [2.05, 4.69) is 35.0 Å². The summed E-state index contributed by atoms with van der Waals surface area (Å²) in [5.74, 6) is 1.48. The second-order valence-corrected chi connectivity index (χ2v) is 5.12. The zero-order valence-electron chi connectivity index (χ0n) is 12.3. The molecule has 0 spiro atoms. The molecule has 108 valence electrons. The highest BCUT2D eigenvalue weighted by atomic mass is 16.5. The van der Waals surface area contributed by atoms with E-state index >= 15 is 0 Å². The number of hydrogen-bond acceptors (Lipinski definition) is 4. The van der Waals surface area contributed by atoms with Crippen LogP contribution in [-0.4, -0.2) is 19.6 Å². The molecule has 0 aliphatic carbocycles. The summed E-state index contributed by atoms with van der Waals surface area (Å²) in [6, 6.07) is 16.5. The lowest BCUT2D eigenvalue weighted by Crippen LogP contribution is -2.34. The van der Waals surface area contributed by atoms with Gasteiger partial charge in [0.2, 0.25) is 0 Å². The van der Waals surface area contributed by atoms with Crippen LogP contribution in [0.1, 0.15) is 24.1 Å². The minimum atomic E-state index is 0.193. The minimum absolute atomic E-state index is 0.193.